The van der Waals surface area contributed by atoms with Gasteiger partial charge in [0, 0.05) is 69.1 Å². The highest BCUT2D eigenvalue weighted by Gasteiger charge is 2.34. The lowest BCUT2D eigenvalue weighted by Gasteiger charge is -2.41. The minimum Gasteiger partial charge on any atom is -0.392 e. The molecule has 4 aromatic rings. The molecule has 2 N–H and O–H groups in total. The summed E-state index contributed by atoms with van der Waals surface area (Å²) in [6, 6.07) is 20.6. The van der Waals surface area contributed by atoms with E-state index in [1.54, 1.807) is 36.4 Å². The maximum Gasteiger partial charge on any atom is 0.269 e. The van der Waals surface area contributed by atoms with Crippen LogP contribution in [0.3, 0.4) is 0 Å². The highest BCUT2D eigenvalue weighted by molar-refractivity contribution is 5.94. The number of carbonyl (C=O) groups is 1. The number of nitrogens with zero attached hydrogens (tertiary/aromatic N) is 3. The van der Waals surface area contributed by atoms with E-state index in [2.05, 4.69) is 15.1 Å². The van der Waals surface area contributed by atoms with Crippen LogP contribution in [-0.2, 0) is 22.6 Å². The molecule has 2 fully saturated rings. The van der Waals surface area contributed by atoms with E-state index in [0.717, 1.165) is 43.0 Å². The van der Waals surface area contributed by atoms with E-state index >= 15 is 0 Å². The second-order valence-corrected chi connectivity index (χ2v) is 12.3. The van der Waals surface area contributed by atoms with Crippen LogP contribution in [0.15, 0.2) is 72.8 Å². The number of carbonyl (C=O) groups excluding carboxylic acids is 1. The predicted octanol–water partition coefficient (Wildman–Crippen LogP) is 6.08. The molecule has 15 heteroatoms. The number of amides is 1. The number of anilines is 1. The average molecular weight is 713 g/mol. The SMILES string of the molecule is O=C(NCc1ccc(C2OC(CN3CCN(c4ccc([N+](=O)[O-])cc4)CC3)CC(c3ccc(CO)cc3)O2)cc1)c1c(F)c(F)c(F)c(F)c1F. The Morgan fingerprint density at radius 1 is 0.784 bits per heavy atom. The zero-order valence-corrected chi connectivity index (χ0v) is 27.0. The van der Waals surface area contributed by atoms with Crippen LogP contribution in [0.1, 0.15) is 51.4 Å². The van der Waals surface area contributed by atoms with Gasteiger partial charge in [-0.05, 0) is 28.8 Å². The molecule has 4 aromatic carbocycles. The van der Waals surface area contributed by atoms with Crippen LogP contribution < -0.4 is 10.2 Å². The summed E-state index contributed by atoms with van der Waals surface area (Å²) < 4.78 is 81.6. The average Bonchev–Trinajstić information content (AvgIpc) is 3.16. The molecule has 268 valence electrons. The molecule has 10 nitrogen and oxygen atoms in total. The first kappa shape index (κ1) is 35.9. The molecular weight excluding hydrogens is 679 g/mol. The topological polar surface area (TPSA) is 117 Å². The lowest BCUT2D eigenvalue weighted by Crippen LogP contribution is -2.49. The number of nitrogens with one attached hydrogen (secondary N) is 1. The van der Waals surface area contributed by atoms with Crippen molar-refractivity contribution in [2.75, 3.05) is 37.6 Å². The normalized spacial score (nSPS) is 19.6. The van der Waals surface area contributed by atoms with Gasteiger partial charge in [-0.1, -0.05) is 48.5 Å². The Bertz CT molecular complexity index is 1840. The first-order valence-electron chi connectivity index (χ1n) is 16.1. The number of ether oxygens (including phenoxy) is 2. The maximum atomic E-state index is 14.1. The fraction of sp³-hybridized carbons (Fsp3) is 0.306. The second-order valence-electron chi connectivity index (χ2n) is 12.3. The van der Waals surface area contributed by atoms with Crippen molar-refractivity contribution in [3.63, 3.8) is 0 Å². The number of aliphatic hydroxyl groups excluding tert-OH is 1. The highest BCUT2D eigenvalue weighted by Crippen LogP contribution is 2.38. The number of non-ortho nitro benzene ring substituents is 1. The van der Waals surface area contributed by atoms with Crippen LogP contribution in [0.2, 0.25) is 0 Å². The van der Waals surface area contributed by atoms with Gasteiger partial charge in [-0.25, -0.2) is 22.0 Å². The van der Waals surface area contributed by atoms with E-state index in [-0.39, 0.29) is 31.0 Å². The van der Waals surface area contributed by atoms with E-state index < -0.39 is 51.8 Å². The minimum atomic E-state index is -2.35. The fourth-order valence-electron chi connectivity index (χ4n) is 6.16. The van der Waals surface area contributed by atoms with E-state index in [9.17, 15) is 42.0 Å². The number of aliphatic hydroxyl groups is 1. The van der Waals surface area contributed by atoms with Gasteiger partial charge in [0.2, 0.25) is 5.82 Å². The number of benzene rings is 4. The lowest BCUT2D eigenvalue weighted by atomic mass is 9.99. The number of halogens is 5. The molecule has 0 saturated carbocycles. The molecule has 0 spiro atoms. The Kier molecular flexibility index (Phi) is 10.9. The van der Waals surface area contributed by atoms with Crippen molar-refractivity contribution in [1.82, 2.24) is 10.2 Å². The molecular formula is C36H33F5N4O6. The quantitative estimate of drug-likeness (QED) is 0.0669. The first-order valence-corrected chi connectivity index (χ1v) is 16.1. The summed E-state index contributed by atoms with van der Waals surface area (Å²) in [6.07, 6.45) is -0.815. The number of piperazine rings is 1. The van der Waals surface area contributed by atoms with E-state index in [1.165, 1.54) is 12.1 Å². The first-order chi connectivity index (χ1) is 24.5. The van der Waals surface area contributed by atoms with Gasteiger partial charge >= 0.3 is 0 Å². The van der Waals surface area contributed by atoms with Gasteiger partial charge in [0.05, 0.1) is 23.7 Å². The van der Waals surface area contributed by atoms with Gasteiger partial charge in [-0.3, -0.25) is 19.8 Å². The van der Waals surface area contributed by atoms with Gasteiger partial charge in [0.25, 0.3) is 11.6 Å². The van der Waals surface area contributed by atoms with Gasteiger partial charge < -0.3 is 24.8 Å². The highest BCUT2D eigenvalue weighted by atomic mass is 19.2. The van der Waals surface area contributed by atoms with Crippen molar-refractivity contribution in [3.05, 3.63) is 140 Å². The van der Waals surface area contributed by atoms with Gasteiger partial charge in [0.15, 0.2) is 29.6 Å². The third kappa shape index (κ3) is 8.01. The summed E-state index contributed by atoms with van der Waals surface area (Å²) in [7, 11) is 0. The summed E-state index contributed by atoms with van der Waals surface area (Å²) in [4.78, 5) is 27.5. The van der Waals surface area contributed by atoms with E-state index in [1.807, 2.05) is 24.3 Å². The number of nitro groups is 1. The number of nitro benzene ring substituents is 1. The van der Waals surface area contributed by atoms with Crippen LogP contribution in [0, 0.1) is 39.2 Å². The summed E-state index contributed by atoms with van der Waals surface area (Å²) in [5.74, 6) is -12.7. The van der Waals surface area contributed by atoms with Crippen LogP contribution in [0.25, 0.3) is 0 Å². The van der Waals surface area contributed by atoms with Crippen molar-refractivity contribution < 1.29 is 46.3 Å². The third-order valence-corrected chi connectivity index (χ3v) is 9.02. The monoisotopic (exact) mass is 712 g/mol. The Balaban J connectivity index is 1.12. The second kappa shape index (κ2) is 15.5. The molecule has 6 rings (SSSR count). The Morgan fingerprint density at radius 2 is 1.35 bits per heavy atom. The molecule has 0 bridgehead atoms. The number of hydrogen-bond donors (Lipinski definition) is 2. The van der Waals surface area contributed by atoms with Crippen molar-refractivity contribution in [3.8, 4) is 0 Å². The summed E-state index contributed by atoms with van der Waals surface area (Å²) in [6.45, 7) is 3.17. The van der Waals surface area contributed by atoms with Crippen molar-refractivity contribution >= 4 is 17.3 Å². The fourth-order valence-corrected chi connectivity index (χ4v) is 6.16. The van der Waals surface area contributed by atoms with Gasteiger partial charge in [-0.15, -0.1) is 0 Å². The smallest absolute Gasteiger partial charge is 0.269 e. The Hall–Kier alpha value is -4.96. The molecule has 0 aromatic heterocycles. The molecule has 0 aliphatic carbocycles. The summed E-state index contributed by atoms with van der Waals surface area (Å²) >= 11 is 0. The largest absolute Gasteiger partial charge is 0.392 e. The van der Waals surface area contributed by atoms with Gasteiger partial charge in [-0.2, -0.15) is 0 Å². The molecule has 3 atom stereocenters. The van der Waals surface area contributed by atoms with E-state index in [4.69, 9.17) is 9.47 Å². The van der Waals surface area contributed by atoms with E-state index in [0.29, 0.717) is 24.1 Å². The van der Waals surface area contributed by atoms with Crippen molar-refractivity contribution in [2.24, 2.45) is 0 Å². The van der Waals surface area contributed by atoms with Crippen molar-refractivity contribution in [1.29, 1.82) is 0 Å². The van der Waals surface area contributed by atoms with Crippen LogP contribution in [-0.4, -0.2) is 59.7 Å². The Morgan fingerprint density at radius 3 is 1.94 bits per heavy atom. The number of hydrogen-bond acceptors (Lipinski definition) is 8. The van der Waals surface area contributed by atoms with Crippen molar-refractivity contribution in [2.45, 2.75) is 38.1 Å². The zero-order chi connectivity index (χ0) is 36.2. The third-order valence-electron chi connectivity index (χ3n) is 9.02. The minimum absolute atomic E-state index is 0.0384. The Labute approximate surface area is 289 Å². The summed E-state index contributed by atoms with van der Waals surface area (Å²) in [5, 5.41) is 22.7. The summed E-state index contributed by atoms with van der Waals surface area (Å²) in [5.41, 5.74) is 2.17. The predicted molar refractivity (Wildman–Crippen MR) is 174 cm³/mol. The van der Waals surface area contributed by atoms with Crippen LogP contribution >= 0.6 is 0 Å². The molecule has 1 amide bonds. The molecule has 2 saturated heterocycles. The zero-order valence-electron chi connectivity index (χ0n) is 27.0. The molecule has 3 unspecified atom stereocenters. The van der Waals surface area contributed by atoms with Crippen LogP contribution in [0.5, 0.6) is 0 Å². The number of rotatable bonds is 10. The standard InChI is InChI=1S/C36H33F5N4O6/c37-30-29(31(38)33(40)34(41)32(30)39)35(47)42-18-21-1-7-24(8-2-21)36-50-27(17-28(51-36)23-5-3-22(20-46)4-6-23)19-43-13-15-44(16-14-43)25-9-11-26(12-10-25)45(48)49/h1-12,27-28,36,46H,13-20H2,(H,42,47). The molecule has 2 aliphatic heterocycles. The molecule has 51 heavy (non-hydrogen) atoms. The van der Waals surface area contributed by atoms with Crippen LogP contribution in [0.4, 0.5) is 33.3 Å². The molecule has 2 heterocycles. The van der Waals surface area contributed by atoms with Gasteiger partial charge in [0.1, 0.15) is 5.56 Å². The molecule has 0 radical (unpaired) electrons. The maximum absolute atomic E-state index is 14.1. The lowest BCUT2D eigenvalue weighted by molar-refractivity contribution is -0.384. The molecule has 2 aliphatic rings.